The third kappa shape index (κ3) is 4.12. The number of nitrogens with one attached hydrogen (secondary N) is 1. The summed E-state index contributed by atoms with van der Waals surface area (Å²) in [6, 6.07) is -0.508. The van der Waals surface area contributed by atoms with Crippen LogP contribution >= 0.6 is 12.4 Å². The molecule has 0 aromatic carbocycles. The second-order valence-corrected chi connectivity index (χ2v) is 3.78. The maximum Gasteiger partial charge on any atom is 0.241 e. The maximum atomic E-state index is 11.5. The van der Waals surface area contributed by atoms with Crippen LogP contribution in [0.1, 0.15) is 19.7 Å². The van der Waals surface area contributed by atoms with Crippen molar-refractivity contribution in [3.63, 3.8) is 0 Å². The molecule has 1 aromatic heterocycles. The third-order valence-corrected chi connectivity index (χ3v) is 2.07. The first-order chi connectivity index (χ1) is 7.00. The van der Waals surface area contributed by atoms with Crippen LogP contribution in [0.5, 0.6) is 0 Å². The number of rotatable bonds is 3. The summed E-state index contributed by atoms with van der Waals surface area (Å²) in [6.45, 7) is 5.58. The minimum absolute atomic E-state index is 0. The second-order valence-electron chi connectivity index (χ2n) is 3.78. The lowest BCUT2D eigenvalue weighted by atomic mass is 10.1. The molecule has 0 bridgehead atoms. The number of carbonyl (C=O) groups is 1. The van der Waals surface area contributed by atoms with Gasteiger partial charge in [-0.25, -0.2) is 9.97 Å². The van der Waals surface area contributed by atoms with Crippen LogP contribution in [0.3, 0.4) is 0 Å². The molecule has 0 unspecified atom stereocenters. The van der Waals surface area contributed by atoms with Gasteiger partial charge in [-0.05, 0) is 12.8 Å². The number of amides is 1. The summed E-state index contributed by atoms with van der Waals surface area (Å²) in [7, 11) is 0. The molecule has 5 nitrogen and oxygen atoms in total. The van der Waals surface area contributed by atoms with Crippen LogP contribution in [0.25, 0.3) is 0 Å². The predicted octanol–water partition coefficient (Wildman–Crippen LogP) is 1.13. The fourth-order valence-electron chi connectivity index (χ4n) is 0.985. The van der Waals surface area contributed by atoms with Gasteiger partial charge in [0, 0.05) is 0 Å². The van der Waals surface area contributed by atoms with E-state index < -0.39 is 6.04 Å². The summed E-state index contributed by atoms with van der Waals surface area (Å²) >= 11 is 0. The van der Waals surface area contributed by atoms with E-state index in [2.05, 4.69) is 15.3 Å². The van der Waals surface area contributed by atoms with Gasteiger partial charge in [0.15, 0.2) is 0 Å². The number of carbonyl (C=O) groups excluding carboxylic acids is 1. The Morgan fingerprint density at radius 1 is 1.38 bits per heavy atom. The predicted molar refractivity (Wildman–Crippen MR) is 65.5 cm³/mol. The summed E-state index contributed by atoms with van der Waals surface area (Å²) in [5, 5.41) is 2.66. The topological polar surface area (TPSA) is 80.9 Å². The van der Waals surface area contributed by atoms with Crippen molar-refractivity contribution in [2.75, 3.05) is 5.32 Å². The van der Waals surface area contributed by atoms with Crippen LogP contribution in [0.2, 0.25) is 0 Å². The van der Waals surface area contributed by atoms with Gasteiger partial charge in [-0.2, -0.15) is 0 Å². The van der Waals surface area contributed by atoms with Gasteiger partial charge in [-0.3, -0.25) is 4.79 Å². The van der Waals surface area contributed by atoms with Gasteiger partial charge in [-0.1, -0.05) is 13.8 Å². The molecule has 0 aliphatic carbocycles. The van der Waals surface area contributed by atoms with Gasteiger partial charge in [0.2, 0.25) is 5.91 Å². The number of nitrogens with zero attached hydrogens (tertiary/aromatic N) is 2. The molecule has 1 amide bonds. The van der Waals surface area contributed by atoms with E-state index in [0.717, 1.165) is 0 Å². The van der Waals surface area contributed by atoms with Crippen LogP contribution in [0.4, 0.5) is 5.69 Å². The second kappa shape index (κ2) is 6.40. The van der Waals surface area contributed by atoms with E-state index in [0.29, 0.717) is 11.5 Å². The molecule has 0 saturated heterocycles. The Hall–Kier alpha value is -1.20. The van der Waals surface area contributed by atoms with Gasteiger partial charge < -0.3 is 11.1 Å². The number of hydrogen-bond donors (Lipinski definition) is 2. The lowest BCUT2D eigenvalue weighted by molar-refractivity contribution is -0.118. The molecule has 1 rings (SSSR count). The molecule has 3 N–H and O–H groups in total. The van der Waals surface area contributed by atoms with Gasteiger partial charge >= 0.3 is 0 Å². The summed E-state index contributed by atoms with van der Waals surface area (Å²) in [5.74, 6) is 0.565. The van der Waals surface area contributed by atoms with E-state index in [1.165, 1.54) is 0 Å². The van der Waals surface area contributed by atoms with Gasteiger partial charge in [-0.15, -0.1) is 12.4 Å². The number of halogens is 1. The van der Waals surface area contributed by atoms with E-state index in [-0.39, 0.29) is 24.2 Å². The average molecular weight is 245 g/mol. The standard InChI is InChI=1S/C10H16N4O.ClH/c1-6(2)9(11)10(15)14-8-4-12-7(3)13-5-8;/h4-6,9H,11H2,1-3H3,(H,14,15);1H/t9-;/m1./s1. The molecular weight excluding hydrogens is 228 g/mol. The van der Waals surface area contributed by atoms with Crippen LogP contribution in [0.15, 0.2) is 12.4 Å². The lowest BCUT2D eigenvalue weighted by Crippen LogP contribution is -2.39. The van der Waals surface area contributed by atoms with Crippen LogP contribution in [0, 0.1) is 12.8 Å². The number of aromatic nitrogens is 2. The number of aryl methyl sites for hydroxylation is 1. The normalized spacial score (nSPS) is 11.8. The molecular formula is C10H17ClN4O. The molecule has 1 heterocycles. The molecule has 0 spiro atoms. The minimum atomic E-state index is -0.508. The number of anilines is 1. The third-order valence-electron chi connectivity index (χ3n) is 2.07. The summed E-state index contributed by atoms with van der Waals surface area (Å²) in [4.78, 5) is 19.5. The molecule has 6 heteroatoms. The molecule has 1 atom stereocenters. The lowest BCUT2D eigenvalue weighted by Gasteiger charge is -2.14. The molecule has 0 fully saturated rings. The fraction of sp³-hybridized carbons (Fsp3) is 0.500. The van der Waals surface area contributed by atoms with Crippen molar-refractivity contribution in [1.82, 2.24) is 9.97 Å². The maximum absolute atomic E-state index is 11.5. The Bertz CT molecular complexity index is 339. The highest BCUT2D eigenvalue weighted by Crippen LogP contribution is 2.05. The Labute approximate surface area is 101 Å². The SMILES string of the molecule is Cc1ncc(NC(=O)[C@H](N)C(C)C)cn1.Cl. The first kappa shape index (κ1) is 14.8. The van der Waals surface area contributed by atoms with Crippen molar-refractivity contribution >= 4 is 24.0 Å². The first-order valence-corrected chi connectivity index (χ1v) is 4.86. The highest BCUT2D eigenvalue weighted by atomic mass is 35.5. The van der Waals surface area contributed by atoms with E-state index in [1.54, 1.807) is 19.3 Å². The largest absolute Gasteiger partial charge is 0.322 e. The van der Waals surface area contributed by atoms with Crippen molar-refractivity contribution in [2.24, 2.45) is 11.7 Å². The smallest absolute Gasteiger partial charge is 0.241 e. The highest BCUT2D eigenvalue weighted by molar-refractivity contribution is 5.94. The van der Waals surface area contributed by atoms with E-state index in [4.69, 9.17) is 5.73 Å². The zero-order valence-corrected chi connectivity index (χ0v) is 10.4. The van der Waals surface area contributed by atoms with E-state index in [1.807, 2.05) is 13.8 Å². The van der Waals surface area contributed by atoms with Gasteiger partial charge in [0.05, 0.1) is 24.1 Å². The number of hydrogen-bond acceptors (Lipinski definition) is 4. The van der Waals surface area contributed by atoms with E-state index >= 15 is 0 Å². The van der Waals surface area contributed by atoms with Crippen molar-refractivity contribution in [2.45, 2.75) is 26.8 Å². The van der Waals surface area contributed by atoms with Crippen LogP contribution in [-0.4, -0.2) is 21.9 Å². The van der Waals surface area contributed by atoms with Crippen molar-refractivity contribution < 1.29 is 4.79 Å². The van der Waals surface area contributed by atoms with Crippen molar-refractivity contribution in [1.29, 1.82) is 0 Å². The van der Waals surface area contributed by atoms with Crippen LogP contribution in [-0.2, 0) is 4.79 Å². The number of nitrogens with two attached hydrogens (primary N) is 1. The molecule has 0 aliphatic rings. The Balaban J connectivity index is 0.00000225. The molecule has 0 saturated carbocycles. The molecule has 16 heavy (non-hydrogen) atoms. The molecule has 0 aliphatic heterocycles. The summed E-state index contributed by atoms with van der Waals surface area (Å²) in [6.07, 6.45) is 3.13. The van der Waals surface area contributed by atoms with E-state index in [9.17, 15) is 4.79 Å². The minimum Gasteiger partial charge on any atom is -0.322 e. The Morgan fingerprint density at radius 2 is 1.88 bits per heavy atom. The highest BCUT2D eigenvalue weighted by Gasteiger charge is 2.17. The Morgan fingerprint density at radius 3 is 2.31 bits per heavy atom. The zero-order chi connectivity index (χ0) is 11.4. The quantitative estimate of drug-likeness (QED) is 0.835. The molecule has 90 valence electrons. The van der Waals surface area contributed by atoms with Crippen molar-refractivity contribution in [3.8, 4) is 0 Å². The average Bonchev–Trinajstić information content (AvgIpc) is 2.20. The first-order valence-electron chi connectivity index (χ1n) is 4.86. The van der Waals surface area contributed by atoms with Gasteiger partial charge in [0.25, 0.3) is 0 Å². The van der Waals surface area contributed by atoms with Crippen LogP contribution < -0.4 is 11.1 Å². The molecule has 0 radical (unpaired) electrons. The fourth-order valence-corrected chi connectivity index (χ4v) is 0.985. The molecule has 1 aromatic rings. The summed E-state index contributed by atoms with van der Waals surface area (Å²) in [5.41, 5.74) is 6.26. The Kier molecular flexibility index (Phi) is 5.92. The van der Waals surface area contributed by atoms with Crippen molar-refractivity contribution in [3.05, 3.63) is 18.2 Å². The summed E-state index contributed by atoms with van der Waals surface area (Å²) < 4.78 is 0. The monoisotopic (exact) mass is 244 g/mol. The van der Waals surface area contributed by atoms with Gasteiger partial charge in [0.1, 0.15) is 5.82 Å². The zero-order valence-electron chi connectivity index (χ0n) is 9.60.